The molecule has 1 atom stereocenters. The van der Waals surface area contributed by atoms with Gasteiger partial charge in [0.1, 0.15) is 5.92 Å². The first-order valence-electron chi connectivity index (χ1n) is 5.86. The van der Waals surface area contributed by atoms with Crippen molar-refractivity contribution in [2.24, 2.45) is 0 Å². The molecule has 0 radical (unpaired) electrons. The molecule has 0 heterocycles. The van der Waals surface area contributed by atoms with Crippen molar-refractivity contribution in [3.8, 4) is 0 Å². The Morgan fingerprint density at radius 3 is 2.33 bits per heavy atom. The van der Waals surface area contributed by atoms with Crippen LogP contribution in [0.3, 0.4) is 0 Å². The topological polar surface area (TPSA) is 37.3 Å². The first-order valence-corrected chi connectivity index (χ1v) is 5.86. The highest BCUT2D eigenvalue weighted by atomic mass is 16.4. The van der Waals surface area contributed by atoms with Crippen molar-refractivity contribution in [1.29, 1.82) is 0 Å². The molecule has 0 aromatic heterocycles. The van der Waals surface area contributed by atoms with Gasteiger partial charge in [-0.1, -0.05) is 54.6 Å². The van der Waals surface area contributed by atoms with E-state index >= 15 is 0 Å². The minimum Gasteiger partial charge on any atom is -0.481 e. The third kappa shape index (κ3) is 1.63. The molecular weight excluding hydrogens is 224 g/mol. The highest BCUT2D eigenvalue weighted by Gasteiger charge is 2.31. The van der Waals surface area contributed by atoms with Gasteiger partial charge in [-0.05, 0) is 28.3 Å². The molecule has 88 valence electrons. The van der Waals surface area contributed by atoms with Gasteiger partial charge in [-0.3, -0.25) is 4.79 Å². The van der Waals surface area contributed by atoms with Gasteiger partial charge < -0.3 is 5.11 Å². The largest absolute Gasteiger partial charge is 0.481 e. The second-order valence-electron chi connectivity index (χ2n) is 4.37. The third-order valence-corrected chi connectivity index (χ3v) is 3.28. The van der Waals surface area contributed by atoms with Crippen LogP contribution < -0.4 is 0 Å². The summed E-state index contributed by atoms with van der Waals surface area (Å²) in [7, 11) is 0. The van der Waals surface area contributed by atoms with Gasteiger partial charge in [0.2, 0.25) is 0 Å². The van der Waals surface area contributed by atoms with Crippen molar-refractivity contribution in [2.75, 3.05) is 0 Å². The number of hydrogen-bond acceptors (Lipinski definition) is 1. The first-order chi connectivity index (χ1) is 8.77. The number of fused-ring (bicyclic) bond motifs is 1. The van der Waals surface area contributed by atoms with Gasteiger partial charge in [-0.25, -0.2) is 0 Å². The average molecular weight is 236 g/mol. The van der Waals surface area contributed by atoms with Crippen molar-refractivity contribution in [2.45, 2.75) is 5.92 Å². The number of carbonyl (C=O) groups is 1. The quantitative estimate of drug-likeness (QED) is 0.867. The highest BCUT2D eigenvalue weighted by molar-refractivity contribution is 6.03. The highest BCUT2D eigenvalue weighted by Crippen LogP contribution is 2.41. The summed E-state index contributed by atoms with van der Waals surface area (Å²) in [6.07, 6.45) is 1.98. The fourth-order valence-corrected chi connectivity index (χ4v) is 2.47. The lowest BCUT2D eigenvalue weighted by atomic mass is 9.91. The van der Waals surface area contributed by atoms with Gasteiger partial charge >= 0.3 is 5.97 Å². The Hall–Kier alpha value is -2.35. The van der Waals surface area contributed by atoms with Gasteiger partial charge in [0.15, 0.2) is 0 Å². The fourth-order valence-electron chi connectivity index (χ4n) is 2.47. The van der Waals surface area contributed by atoms with Crippen LogP contribution in [0.15, 0.2) is 54.6 Å². The summed E-state index contributed by atoms with van der Waals surface area (Å²) >= 11 is 0. The molecule has 0 aliphatic heterocycles. The summed E-state index contributed by atoms with van der Waals surface area (Å²) in [5, 5.41) is 9.45. The Kier molecular flexibility index (Phi) is 2.49. The first kappa shape index (κ1) is 10.8. The molecule has 18 heavy (non-hydrogen) atoms. The molecular formula is C16H12O2. The summed E-state index contributed by atoms with van der Waals surface area (Å²) in [6.45, 7) is 0. The van der Waals surface area contributed by atoms with E-state index in [2.05, 4.69) is 0 Å². The van der Waals surface area contributed by atoms with Crippen LogP contribution in [0.4, 0.5) is 0 Å². The van der Waals surface area contributed by atoms with Crippen LogP contribution in [-0.2, 0) is 4.79 Å². The molecule has 0 fully saturated rings. The molecule has 0 amide bonds. The number of hydrogen-bond donors (Lipinski definition) is 1. The van der Waals surface area contributed by atoms with E-state index in [0.717, 1.165) is 22.3 Å². The smallest absolute Gasteiger partial charge is 0.315 e. The van der Waals surface area contributed by atoms with E-state index in [1.165, 1.54) is 0 Å². The van der Waals surface area contributed by atoms with Crippen LogP contribution >= 0.6 is 0 Å². The normalized spacial score (nSPS) is 17.1. The lowest BCUT2D eigenvalue weighted by molar-refractivity contribution is -0.137. The molecule has 3 rings (SSSR count). The summed E-state index contributed by atoms with van der Waals surface area (Å²) in [6, 6.07) is 17.4. The Bertz CT molecular complexity index is 627. The molecule has 0 saturated heterocycles. The fraction of sp³-hybridized carbons (Fsp3) is 0.0625. The standard InChI is InChI=1S/C16H12O2/c17-16(18)15-13-9-5-4-8-12(13)10-14(15)11-6-2-1-3-7-11/h1-10,15H,(H,17,18). The Morgan fingerprint density at radius 1 is 0.944 bits per heavy atom. The lowest BCUT2D eigenvalue weighted by Gasteiger charge is -2.12. The van der Waals surface area contributed by atoms with Crippen LogP contribution in [0, 0.1) is 0 Å². The zero-order chi connectivity index (χ0) is 12.5. The number of aliphatic carboxylic acids is 1. The van der Waals surface area contributed by atoms with Gasteiger partial charge in [-0.2, -0.15) is 0 Å². The van der Waals surface area contributed by atoms with Gasteiger partial charge in [0.05, 0.1) is 0 Å². The Balaban J connectivity index is 2.15. The molecule has 1 N–H and O–H groups in total. The van der Waals surface area contributed by atoms with E-state index in [-0.39, 0.29) is 0 Å². The van der Waals surface area contributed by atoms with E-state index < -0.39 is 11.9 Å². The zero-order valence-corrected chi connectivity index (χ0v) is 9.71. The van der Waals surface area contributed by atoms with Crippen LogP contribution in [-0.4, -0.2) is 11.1 Å². The van der Waals surface area contributed by atoms with Crippen molar-refractivity contribution >= 4 is 17.6 Å². The number of rotatable bonds is 2. The van der Waals surface area contributed by atoms with E-state index in [1.807, 2.05) is 60.7 Å². The molecule has 2 aromatic carbocycles. The van der Waals surface area contributed by atoms with Crippen LogP contribution in [0.1, 0.15) is 22.6 Å². The Morgan fingerprint density at radius 2 is 1.61 bits per heavy atom. The molecule has 0 saturated carbocycles. The van der Waals surface area contributed by atoms with E-state index in [9.17, 15) is 9.90 Å². The maximum absolute atomic E-state index is 11.5. The van der Waals surface area contributed by atoms with Gasteiger partial charge in [0.25, 0.3) is 0 Å². The van der Waals surface area contributed by atoms with Gasteiger partial charge in [0, 0.05) is 0 Å². The van der Waals surface area contributed by atoms with Crippen molar-refractivity contribution in [1.82, 2.24) is 0 Å². The summed E-state index contributed by atoms with van der Waals surface area (Å²) in [5.74, 6) is -1.35. The second-order valence-corrected chi connectivity index (χ2v) is 4.37. The number of carboxylic acid groups (broad SMARTS) is 1. The summed E-state index contributed by atoms with van der Waals surface area (Å²) < 4.78 is 0. The van der Waals surface area contributed by atoms with Crippen LogP contribution in [0.5, 0.6) is 0 Å². The molecule has 2 nitrogen and oxygen atoms in total. The minimum absolute atomic E-state index is 0.552. The predicted molar refractivity (Wildman–Crippen MR) is 71.1 cm³/mol. The third-order valence-electron chi connectivity index (χ3n) is 3.28. The number of benzene rings is 2. The maximum Gasteiger partial charge on any atom is 0.315 e. The van der Waals surface area contributed by atoms with E-state index in [1.54, 1.807) is 0 Å². The van der Waals surface area contributed by atoms with E-state index in [0.29, 0.717) is 0 Å². The predicted octanol–water partition coefficient (Wildman–Crippen LogP) is 3.41. The van der Waals surface area contributed by atoms with Crippen molar-refractivity contribution < 1.29 is 9.90 Å². The van der Waals surface area contributed by atoms with Crippen molar-refractivity contribution in [3.63, 3.8) is 0 Å². The van der Waals surface area contributed by atoms with E-state index in [4.69, 9.17) is 0 Å². The minimum atomic E-state index is -0.796. The SMILES string of the molecule is O=C(O)C1C(c2ccccc2)=Cc2ccccc21. The molecule has 0 bridgehead atoms. The summed E-state index contributed by atoms with van der Waals surface area (Å²) in [4.78, 5) is 11.5. The summed E-state index contributed by atoms with van der Waals surface area (Å²) in [5.41, 5.74) is 3.72. The van der Waals surface area contributed by atoms with Crippen LogP contribution in [0.2, 0.25) is 0 Å². The molecule has 2 heteroatoms. The number of carboxylic acids is 1. The van der Waals surface area contributed by atoms with Crippen LogP contribution in [0.25, 0.3) is 11.6 Å². The Labute approximate surface area is 105 Å². The zero-order valence-electron chi connectivity index (χ0n) is 9.71. The maximum atomic E-state index is 11.5. The second kappa shape index (κ2) is 4.15. The van der Waals surface area contributed by atoms with Gasteiger partial charge in [-0.15, -0.1) is 0 Å². The molecule has 1 aliphatic carbocycles. The molecule has 0 spiro atoms. The molecule has 1 aliphatic rings. The average Bonchev–Trinajstić information content (AvgIpc) is 2.79. The van der Waals surface area contributed by atoms with Crippen molar-refractivity contribution in [3.05, 3.63) is 71.3 Å². The lowest BCUT2D eigenvalue weighted by Crippen LogP contribution is -2.11. The molecule has 1 unspecified atom stereocenters. The molecule has 2 aromatic rings. The monoisotopic (exact) mass is 236 g/mol.